The quantitative estimate of drug-likeness (QED) is 0.288. The Morgan fingerprint density at radius 3 is 1.22 bits per heavy atom. The van der Waals surface area contributed by atoms with Gasteiger partial charge in [0.1, 0.15) is 0 Å². The second-order valence-corrected chi connectivity index (χ2v) is 6.28. The first kappa shape index (κ1) is 18.4. The third-order valence-electron chi connectivity index (χ3n) is 3.63. The molecule has 1 nitrogen and oxygen atoms in total. The largest absolute Gasteiger partial charge is 0.832 e. The van der Waals surface area contributed by atoms with E-state index >= 15 is 0 Å². The standard InChI is InChI=1S/C16H34OP/c1-2-3-4-5-6-7-8-9-10-11-12-13-14-15-16-18-17/h18H,2-16H2,1H3/q-1. The minimum atomic E-state index is -0.0809. The van der Waals surface area contributed by atoms with Crippen molar-refractivity contribution in [2.75, 3.05) is 6.16 Å². The van der Waals surface area contributed by atoms with E-state index in [2.05, 4.69) is 6.92 Å². The van der Waals surface area contributed by atoms with Crippen molar-refractivity contribution in [2.24, 2.45) is 0 Å². The van der Waals surface area contributed by atoms with Crippen LogP contribution in [0.2, 0.25) is 0 Å². The molecule has 0 rings (SSSR count). The number of hydrogen-bond donors (Lipinski definition) is 0. The Kier molecular flexibility index (Phi) is 17.8. The smallest absolute Gasteiger partial charge is 0.0499 e. The zero-order valence-electron chi connectivity index (χ0n) is 12.5. The van der Waals surface area contributed by atoms with Gasteiger partial charge in [-0.15, -0.1) is 0 Å². The van der Waals surface area contributed by atoms with Gasteiger partial charge in [0.2, 0.25) is 0 Å². The lowest BCUT2D eigenvalue weighted by atomic mass is 10.0. The predicted octanol–water partition coefficient (Wildman–Crippen LogP) is 5.42. The summed E-state index contributed by atoms with van der Waals surface area (Å²) in [7, 11) is -0.0809. The van der Waals surface area contributed by atoms with Crippen molar-refractivity contribution in [3.63, 3.8) is 0 Å². The van der Waals surface area contributed by atoms with Gasteiger partial charge in [-0.1, -0.05) is 96.8 Å². The van der Waals surface area contributed by atoms with Crippen molar-refractivity contribution in [2.45, 2.75) is 96.8 Å². The van der Waals surface area contributed by atoms with E-state index in [9.17, 15) is 4.89 Å². The number of rotatable bonds is 15. The van der Waals surface area contributed by atoms with Gasteiger partial charge >= 0.3 is 0 Å². The molecule has 0 aliphatic rings. The highest BCUT2D eigenvalue weighted by molar-refractivity contribution is 7.29. The lowest BCUT2D eigenvalue weighted by molar-refractivity contribution is -0.150. The Balaban J connectivity index is 2.86. The third-order valence-corrected chi connectivity index (χ3v) is 4.19. The van der Waals surface area contributed by atoms with Crippen LogP contribution in [0.4, 0.5) is 0 Å². The van der Waals surface area contributed by atoms with Gasteiger partial charge in [0.15, 0.2) is 0 Å². The number of hydrogen-bond acceptors (Lipinski definition) is 1. The van der Waals surface area contributed by atoms with Crippen LogP contribution in [0.15, 0.2) is 0 Å². The van der Waals surface area contributed by atoms with Crippen molar-refractivity contribution < 1.29 is 4.89 Å². The van der Waals surface area contributed by atoms with Gasteiger partial charge in [0, 0.05) is 0 Å². The topological polar surface area (TPSA) is 23.1 Å². The number of unbranched alkanes of at least 4 members (excludes halogenated alkanes) is 13. The molecule has 0 aromatic heterocycles. The van der Waals surface area contributed by atoms with Crippen molar-refractivity contribution in [3.8, 4) is 0 Å². The van der Waals surface area contributed by atoms with Gasteiger partial charge in [-0.05, 0) is 6.16 Å². The van der Waals surface area contributed by atoms with Crippen LogP contribution < -0.4 is 4.89 Å². The summed E-state index contributed by atoms with van der Waals surface area (Å²) in [5, 5.41) is 0. The molecule has 0 bridgehead atoms. The third kappa shape index (κ3) is 16.4. The predicted molar refractivity (Wildman–Crippen MR) is 83.5 cm³/mol. The maximum Gasteiger partial charge on any atom is -0.0499 e. The molecule has 1 unspecified atom stereocenters. The minimum Gasteiger partial charge on any atom is -0.832 e. The highest BCUT2D eigenvalue weighted by Gasteiger charge is 1.93. The summed E-state index contributed by atoms with van der Waals surface area (Å²) >= 11 is 0. The van der Waals surface area contributed by atoms with Crippen LogP contribution in [0.1, 0.15) is 96.8 Å². The van der Waals surface area contributed by atoms with Crippen LogP contribution in [0.5, 0.6) is 0 Å². The first-order valence-corrected chi connectivity index (χ1v) is 9.38. The van der Waals surface area contributed by atoms with Crippen LogP contribution in [0.25, 0.3) is 0 Å². The average Bonchev–Trinajstić information content (AvgIpc) is 2.39. The van der Waals surface area contributed by atoms with Gasteiger partial charge in [-0.3, -0.25) is 0 Å². The molecule has 0 saturated carbocycles. The monoisotopic (exact) mass is 273 g/mol. The van der Waals surface area contributed by atoms with Crippen molar-refractivity contribution >= 4 is 8.81 Å². The highest BCUT2D eigenvalue weighted by atomic mass is 31.1. The SMILES string of the molecule is CCCCCCCCCCCCCCCCP[O-]. The van der Waals surface area contributed by atoms with Crippen LogP contribution in [0.3, 0.4) is 0 Å². The lowest BCUT2D eigenvalue weighted by Gasteiger charge is -2.04. The first-order chi connectivity index (χ1) is 8.91. The lowest BCUT2D eigenvalue weighted by Crippen LogP contribution is -1.87. The molecule has 0 radical (unpaired) electrons. The van der Waals surface area contributed by atoms with E-state index in [0.29, 0.717) is 0 Å². The molecule has 18 heavy (non-hydrogen) atoms. The maximum atomic E-state index is 10.3. The fraction of sp³-hybridized carbons (Fsp3) is 1.00. The van der Waals surface area contributed by atoms with Crippen LogP contribution >= 0.6 is 8.81 Å². The summed E-state index contributed by atoms with van der Waals surface area (Å²) in [5.41, 5.74) is 0. The van der Waals surface area contributed by atoms with Gasteiger partial charge in [-0.2, -0.15) is 0 Å². The molecule has 2 heteroatoms. The second-order valence-electron chi connectivity index (χ2n) is 5.49. The van der Waals surface area contributed by atoms with Crippen molar-refractivity contribution in [1.29, 1.82) is 0 Å². The van der Waals surface area contributed by atoms with E-state index in [-0.39, 0.29) is 8.81 Å². The minimum absolute atomic E-state index is 0.0809. The molecular formula is C16H34OP-. The fourth-order valence-electron chi connectivity index (χ4n) is 2.39. The summed E-state index contributed by atoms with van der Waals surface area (Å²) in [6.07, 6.45) is 20.4. The van der Waals surface area contributed by atoms with Gasteiger partial charge in [0.25, 0.3) is 0 Å². The van der Waals surface area contributed by atoms with Gasteiger partial charge in [0.05, 0.1) is 0 Å². The summed E-state index contributed by atoms with van der Waals surface area (Å²) in [4.78, 5) is 10.3. The molecule has 0 spiro atoms. The molecule has 0 heterocycles. The molecule has 0 saturated heterocycles. The fourth-order valence-corrected chi connectivity index (χ4v) is 2.79. The Hall–Kier alpha value is 0.390. The molecule has 110 valence electrons. The molecule has 1 atom stereocenters. The van der Waals surface area contributed by atoms with Gasteiger partial charge in [-0.25, -0.2) is 8.81 Å². The van der Waals surface area contributed by atoms with Crippen molar-refractivity contribution in [1.82, 2.24) is 0 Å². The van der Waals surface area contributed by atoms with Gasteiger partial charge < -0.3 is 4.89 Å². The molecule has 0 aliphatic carbocycles. The average molecular weight is 273 g/mol. The summed E-state index contributed by atoms with van der Waals surface area (Å²) in [6, 6.07) is 0. The van der Waals surface area contributed by atoms with E-state index in [1.54, 1.807) is 0 Å². The molecule has 0 aromatic carbocycles. The Bertz CT molecular complexity index is 123. The van der Waals surface area contributed by atoms with Crippen LogP contribution in [-0.4, -0.2) is 6.16 Å². The summed E-state index contributed by atoms with van der Waals surface area (Å²) < 4.78 is 0. The second kappa shape index (κ2) is 17.4. The van der Waals surface area contributed by atoms with E-state index in [1.165, 1.54) is 89.9 Å². The maximum absolute atomic E-state index is 10.3. The molecule has 0 fully saturated rings. The normalized spacial score (nSPS) is 11.7. The molecule has 0 amide bonds. The van der Waals surface area contributed by atoms with Crippen LogP contribution in [0, 0.1) is 0 Å². The zero-order chi connectivity index (χ0) is 13.3. The highest BCUT2D eigenvalue weighted by Crippen LogP contribution is 2.13. The molecule has 0 aromatic rings. The van der Waals surface area contributed by atoms with E-state index in [1.807, 2.05) is 0 Å². The Morgan fingerprint density at radius 2 is 0.889 bits per heavy atom. The zero-order valence-corrected chi connectivity index (χ0v) is 13.5. The van der Waals surface area contributed by atoms with E-state index in [4.69, 9.17) is 0 Å². The van der Waals surface area contributed by atoms with Crippen LogP contribution in [-0.2, 0) is 0 Å². The Morgan fingerprint density at radius 1 is 0.556 bits per heavy atom. The Labute approximate surface area is 117 Å². The van der Waals surface area contributed by atoms with E-state index < -0.39 is 0 Å². The summed E-state index contributed by atoms with van der Waals surface area (Å²) in [6.45, 7) is 2.28. The first-order valence-electron chi connectivity index (χ1n) is 8.26. The molecule has 0 N–H and O–H groups in total. The molecular weight excluding hydrogens is 239 g/mol. The van der Waals surface area contributed by atoms with E-state index in [0.717, 1.165) is 6.16 Å². The van der Waals surface area contributed by atoms with Crippen molar-refractivity contribution in [3.05, 3.63) is 0 Å². The summed E-state index contributed by atoms with van der Waals surface area (Å²) in [5.74, 6) is 0. The molecule has 0 aliphatic heterocycles.